The number of aromatic nitrogens is 1. The molecule has 1 heterocycles. The minimum Gasteiger partial charge on any atom is -0.497 e. The molecule has 1 N–H and O–H groups in total. The van der Waals surface area contributed by atoms with Crippen LogP contribution >= 0.6 is 0 Å². The summed E-state index contributed by atoms with van der Waals surface area (Å²) in [5.74, 6) is 0.575. The molecular weight excluding hydrogens is 350 g/mol. The molecule has 3 rings (SSSR count). The van der Waals surface area contributed by atoms with E-state index in [1.807, 2.05) is 36.4 Å². The standard InChI is InChI=1S/C19H17N3O3S/c1-25-16-10-12-17(13-11-16)26(23,24)22-21-19(15-7-3-2-4-8-15)18-9-5-6-14-20-18/h2-14,22H,1H3. The van der Waals surface area contributed by atoms with Gasteiger partial charge in [0.05, 0.1) is 17.7 Å². The number of nitrogens with zero attached hydrogens (tertiary/aromatic N) is 2. The molecule has 0 spiro atoms. The first-order valence-corrected chi connectivity index (χ1v) is 9.29. The van der Waals surface area contributed by atoms with E-state index in [4.69, 9.17) is 4.74 Å². The topological polar surface area (TPSA) is 80.7 Å². The molecule has 0 unspecified atom stereocenters. The van der Waals surface area contributed by atoms with E-state index in [0.29, 0.717) is 17.2 Å². The molecule has 0 aliphatic carbocycles. The lowest BCUT2D eigenvalue weighted by molar-refractivity contribution is 0.414. The molecule has 0 saturated carbocycles. The Hall–Kier alpha value is -3.19. The number of benzene rings is 2. The fourth-order valence-corrected chi connectivity index (χ4v) is 3.09. The number of rotatable bonds is 6. The molecule has 1 aromatic heterocycles. The largest absolute Gasteiger partial charge is 0.497 e. The maximum Gasteiger partial charge on any atom is 0.276 e. The zero-order valence-electron chi connectivity index (χ0n) is 14.0. The van der Waals surface area contributed by atoms with Crippen LogP contribution in [0, 0.1) is 0 Å². The van der Waals surface area contributed by atoms with E-state index in [9.17, 15) is 8.42 Å². The van der Waals surface area contributed by atoms with Crippen LogP contribution in [0.15, 0.2) is 89.0 Å². The van der Waals surface area contributed by atoms with Crippen LogP contribution in [0.25, 0.3) is 0 Å². The molecule has 0 radical (unpaired) electrons. The Morgan fingerprint density at radius 2 is 1.65 bits per heavy atom. The van der Waals surface area contributed by atoms with Crippen LogP contribution in [-0.2, 0) is 10.0 Å². The maximum absolute atomic E-state index is 12.5. The van der Waals surface area contributed by atoms with Crippen molar-refractivity contribution in [3.8, 4) is 5.75 Å². The predicted molar refractivity (Wildman–Crippen MR) is 99.6 cm³/mol. The van der Waals surface area contributed by atoms with Crippen LogP contribution in [0.5, 0.6) is 5.75 Å². The summed E-state index contributed by atoms with van der Waals surface area (Å²) in [6.45, 7) is 0. The van der Waals surface area contributed by atoms with Gasteiger partial charge >= 0.3 is 0 Å². The molecule has 2 aromatic carbocycles. The van der Waals surface area contributed by atoms with Crippen LogP contribution in [0.4, 0.5) is 0 Å². The fraction of sp³-hybridized carbons (Fsp3) is 0.0526. The van der Waals surface area contributed by atoms with Crippen LogP contribution in [0.1, 0.15) is 11.3 Å². The van der Waals surface area contributed by atoms with Gasteiger partial charge in [-0.3, -0.25) is 4.98 Å². The van der Waals surface area contributed by atoms with Crippen molar-refractivity contribution in [1.82, 2.24) is 9.82 Å². The van der Waals surface area contributed by atoms with Crippen LogP contribution in [0.3, 0.4) is 0 Å². The first-order chi connectivity index (χ1) is 12.6. The molecule has 0 saturated heterocycles. The maximum atomic E-state index is 12.5. The number of nitrogens with one attached hydrogen (secondary N) is 1. The molecule has 6 nitrogen and oxygen atoms in total. The summed E-state index contributed by atoms with van der Waals surface area (Å²) in [7, 11) is -2.30. The Morgan fingerprint density at radius 3 is 2.27 bits per heavy atom. The smallest absolute Gasteiger partial charge is 0.276 e. The van der Waals surface area contributed by atoms with E-state index in [1.165, 1.54) is 19.2 Å². The first-order valence-electron chi connectivity index (χ1n) is 7.80. The van der Waals surface area contributed by atoms with E-state index in [0.717, 1.165) is 5.56 Å². The highest BCUT2D eigenvalue weighted by molar-refractivity contribution is 7.89. The van der Waals surface area contributed by atoms with Gasteiger partial charge in [0.1, 0.15) is 11.5 Å². The molecule has 0 fully saturated rings. The Kier molecular flexibility index (Phi) is 5.28. The molecule has 0 aliphatic heterocycles. The minimum atomic E-state index is -3.82. The zero-order valence-corrected chi connectivity index (χ0v) is 14.8. The third-order valence-electron chi connectivity index (χ3n) is 3.60. The zero-order chi connectivity index (χ0) is 18.4. The second-order valence-electron chi connectivity index (χ2n) is 5.31. The minimum absolute atomic E-state index is 0.0930. The normalized spacial score (nSPS) is 11.8. The van der Waals surface area contributed by atoms with E-state index in [1.54, 1.807) is 30.5 Å². The second kappa shape index (κ2) is 7.79. The van der Waals surface area contributed by atoms with Crippen LogP contribution in [0.2, 0.25) is 0 Å². The van der Waals surface area contributed by atoms with Gasteiger partial charge in [0.25, 0.3) is 10.0 Å². The quantitative estimate of drug-likeness (QED) is 0.537. The van der Waals surface area contributed by atoms with Gasteiger partial charge in [0.15, 0.2) is 0 Å². The van der Waals surface area contributed by atoms with Gasteiger partial charge in [0.2, 0.25) is 0 Å². The number of ether oxygens (including phenoxy) is 1. The Labute approximate surface area is 152 Å². The average Bonchev–Trinajstić information content (AvgIpc) is 2.70. The molecule has 26 heavy (non-hydrogen) atoms. The van der Waals surface area contributed by atoms with Crippen LogP contribution < -0.4 is 9.57 Å². The summed E-state index contributed by atoms with van der Waals surface area (Å²) in [6.07, 6.45) is 1.63. The number of hydrogen-bond donors (Lipinski definition) is 1. The molecule has 0 aliphatic rings. The van der Waals surface area contributed by atoms with Gasteiger partial charge in [-0.25, -0.2) is 0 Å². The van der Waals surface area contributed by atoms with Crippen molar-refractivity contribution in [2.45, 2.75) is 4.90 Å². The summed E-state index contributed by atoms with van der Waals surface area (Å²) < 4.78 is 30.1. The van der Waals surface area contributed by atoms with Crippen molar-refractivity contribution in [2.75, 3.05) is 7.11 Å². The van der Waals surface area contributed by atoms with E-state index in [-0.39, 0.29) is 4.90 Å². The number of hydrogen-bond acceptors (Lipinski definition) is 5. The number of hydrazone groups is 1. The molecular formula is C19H17N3O3S. The van der Waals surface area contributed by atoms with Crippen LogP contribution in [-0.4, -0.2) is 26.2 Å². The average molecular weight is 367 g/mol. The van der Waals surface area contributed by atoms with Crippen molar-refractivity contribution < 1.29 is 13.2 Å². The lowest BCUT2D eigenvalue weighted by Gasteiger charge is -2.09. The summed E-state index contributed by atoms with van der Waals surface area (Å²) in [5, 5.41) is 4.14. The monoisotopic (exact) mass is 367 g/mol. The van der Waals surface area contributed by atoms with Gasteiger partial charge < -0.3 is 4.74 Å². The van der Waals surface area contributed by atoms with Crippen molar-refractivity contribution in [2.24, 2.45) is 5.10 Å². The lowest BCUT2D eigenvalue weighted by Crippen LogP contribution is -2.21. The highest BCUT2D eigenvalue weighted by Gasteiger charge is 2.15. The van der Waals surface area contributed by atoms with E-state index < -0.39 is 10.0 Å². The first kappa shape index (κ1) is 17.6. The summed E-state index contributed by atoms with van der Waals surface area (Å²) in [4.78, 5) is 6.65. The molecule has 132 valence electrons. The third-order valence-corrected chi connectivity index (χ3v) is 4.83. The highest BCUT2D eigenvalue weighted by atomic mass is 32.2. The van der Waals surface area contributed by atoms with Crippen molar-refractivity contribution >= 4 is 15.7 Å². The molecule has 3 aromatic rings. The highest BCUT2D eigenvalue weighted by Crippen LogP contribution is 2.16. The summed E-state index contributed by atoms with van der Waals surface area (Å²) in [6, 6.07) is 20.7. The van der Waals surface area contributed by atoms with E-state index >= 15 is 0 Å². The SMILES string of the molecule is COc1ccc(S(=O)(=O)NN=C(c2ccccc2)c2ccccn2)cc1. The van der Waals surface area contributed by atoms with Crippen molar-refractivity contribution in [1.29, 1.82) is 0 Å². The number of methoxy groups -OCH3 is 1. The van der Waals surface area contributed by atoms with Gasteiger partial charge in [-0.05, 0) is 36.4 Å². The predicted octanol–water partition coefficient (Wildman–Crippen LogP) is 2.82. The Balaban J connectivity index is 1.95. The second-order valence-corrected chi connectivity index (χ2v) is 6.97. The molecule has 0 bridgehead atoms. The van der Waals surface area contributed by atoms with Crippen molar-refractivity contribution in [3.63, 3.8) is 0 Å². The summed E-state index contributed by atoms with van der Waals surface area (Å²) >= 11 is 0. The fourth-order valence-electron chi connectivity index (χ4n) is 2.28. The van der Waals surface area contributed by atoms with Gasteiger partial charge in [-0.15, -0.1) is 0 Å². The van der Waals surface area contributed by atoms with Gasteiger partial charge in [-0.1, -0.05) is 36.4 Å². The molecule has 0 atom stereocenters. The number of pyridine rings is 1. The summed E-state index contributed by atoms with van der Waals surface area (Å²) in [5.41, 5.74) is 1.75. The van der Waals surface area contributed by atoms with Gasteiger partial charge in [0, 0.05) is 11.8 Å². The number of sulfonamides is 1. The van der Waals surface area contributed by atoms with E-state index in [2.05, 4.69) is 14.9 Å². The third kappa shape index (κ3) is 4.07. The molecule has 0 amide bonds. The van der Waals surface area contributed by atoms with Gasteiger partial charge in [-0.2, -0.15) is 18.4 Å². The Morgan fingerprint density at radius 1 is 0.962 bits per heavy atom. The molecule has 7 heteroatoms. The van der Waals surface area contributed by atoms with Crippen molar-refractivity contribution in [3.05, 3.63) is 90.3 Å². The lowest BCUT2D eigenvalue weighted by atomic mass is 10.1. The Bertz CT molecular complexity index is 946.